The van der Waals surface area contributed by atoms with Crippen molar-refractivity contribution in [2.24, 2.45) is 0 Å². The predicted octanol–water partition coefficient (Wildman–Crippen LogP) is 5.32. The third kappa shape index (κ3) is 6.58. The fourth-order valence-corrected chi connectivity index (χ4v) is 4.74. The number of halogens is 6. The van der Waals surface area contributed by atoms with Crippen LogP contribution in [-0.2, 0) is 27.3 Å². The fourth-order valence-electron chi connectivity index (χ4n) is 3.47. The first kappa shape index (κ1) is 28.8. The molecule has 2 atom stereocenters. The molecule has 0 saturated heterocycles. The van der Waals surface area contributed by atoms with Crippen molar-refractivity contribution in [2.45, 2.75) is 81.5 Å². The lowest BCUT2D eigenvalue weighted by Gasteiger charge is -2.27. The number of hydrogen-bond donors (Lipinski definition) is 2. The number of nitrogens with zero attached hydrogens (tertiary/aromatic N) is 3. The molecule has 3 rings (SSSR count). The lowest BCUT2D eigenvalue weighted by molar-refractivity contribution is -0.277. The topological polar surface area (TPSA) is 127 Å². The minimum absolute atomic E-state index is 0.127. The lowest BCUT2D eigenvalue weighted by Crippen LogP contribution is -2.42. The zero-order chi connectivity index (χ0) is 27.8. The Balaban J connectivity index is 2.25. The molecule has 9 nitrogen and oxygen atoms in total. The van der Waals surface area contributed by atoms with E-state index in [1.54, 1.807) is 0 Å². The van der Waals surface area contributed by atoms with Crippen LogP contribution >= 0.6 is 0 Å². The van der Waals surface area contributed by atoms with Gasteiger partial charge in [0.05, 0.1) is 22.1 Å². The van der Waals surface area contributed by atoms with Crippen molar-refractivity contribution in [1.82, 2.24) is 15.2 Å². The highest BCUT2D eigenvalue weighted by atomic mass is 32.2. The molecule has 2 aromatic rings. The van der Waals surface area contributed by atoms with Gasteiger partial charge < -0.3 is 14.3 Å². The molecule has 1 aliphatic heterocycles. The van der Waals surface area contributed by atoms with Crippen LogP contribution in [0.5, 0.6) is 0 Å². The number of carbonyl (C=O) groups excluding carboxylic acids is 1. The van der Waals surface area contributed by atoms with Gasteiger partial charge in [-0.25, -0.2) is 9.78 Å². The van der Waals surface area contributed by atoms with Crippen molar-refractivity contribution in [2.75, 3.05) is 11.1 Å². The van der Waals surface area contributed by atoms with Gasteiger partial charge in [-0.3, -0.25) is 9.53 Å². The average Bonchev–Trinajstić information content (AvgIpc) is 3.22. The number of pyridine rings is 1. The van der Waals surface area contributed by atoms with Crippen LogP contribution in [0.3, 0.4) is 0 Å². The second-order valence-corrected chi connectivity index (χ2v) is 10.8. The molecule has 206 valence electrons. The van der Waals surface area contributed by atoms with Crippen LogP contribution in [0, 0.1) is 0 Å². The maximum absolute atomic E-state index is 13.9. The highest BCUT2D eigenvalue weighted by Gasteiger charge is 2.58. The number of aromatic nitrogens is 3. The van der Waals surface area contributed by atoms with E-state index in [1.807, 2.05) is 0 Å². The standard InChI is InChI=1S/C21H24F6N4O5S/c1-18(2,3)36-17(32)28-12-10-11(20(22,23)24)15-29-13(12)14-30-31-16(35-14)19(33,21(25,26)27)8-6-4-5-7-9-37(15)34/h10,33H,4-9H2,1-3H3,(H,28,32). The fraction of sp³-hybridized carbons (Fsp3) is 0.619. The summed E-state index contributed by atoms with van der Waals surface area (Å²) in [6.07, 6.45) is -11.9. The van der Waals surface area contributed by atoms with E-state index in [0.717, 1.165) is 0 Å². The van der Waals surface area contributed by atoms with Crippen LogP contribution in [-0.4, -0.2) is 48.1 Å². The highest BCUT2D eigenvalue weighted by molar-refractivity contribution is 7.85. The Morgan fingerprint density at radius 1 is 1.11 bits per heavy atom. The number of aliphatic hydroxyl groups is 1. The normalized spacial score (nSPS) is 21.7. The second-order valence-electron chi connectivity index (χ2n) is 9.35. The van der Waals surface area contributed by atoms with Crippen LogP contribution in [0.4, 0.5) is 36.8 Å². The summed E-state index contributed by atoms with van der Waals surface area (Å²) in [4.78, 5) is 16.1. The molecule has 37 heavy (non-hydrogen) atoms. The second kappa shape index (κ2) is 10.2. The SMILES string of the molecule is CC(C)(C)OC(=O)Nc1cc(C(F)(F)F)c2nc1-c1nnc(o1)C(O)(C(F)(F)F)CCCCCCS2=O. The van der Waals surface area contributed by atoms with E-state index in [1.165, 1.54) is 20.8 Å². The summed E-state index contributed by atoms with van der Waals surface area (Å²) in [6, 6.07) is 0.422. The molecule has 0 radical (unpaired) electrons. The van der Waals surface area contributed by atoms with Crippen molar-refractivity contribution in [3.63, 3.8) is 0 Å². The van der Waals surface area contributed by atoms with Gasteiger partial charge in [-0.05, 0) is 46.1 Å². The summed E-state index contributed by atoms with van der Waals surface area (Å²) in [5, 5.41) is 18.3. The monoisotopic (exact) mass is 558 g/mol. The summed E-state index contributed by atoms with van der Waals surface area (Å²) in [5.74, 6) is -2.35. The lowest BCUT2D eigenvalue weighted by atomic mass is 9.95. The van der Waals surface area contributed by atoms with Gasteiger partial charge in [0, 0.05) is 5.75 Å². The molecule has 2 unspecified atom stereocenters. The number of alkyl halides is 6. The molecule has 0 aliphatic carbocycles. The van der Waals surface area contributed by atoms with Gasteiger partial charge in [-0.2, -0.15) is 26.3 Å². The molecule has 3 heterocycles. The molecular formula is C21H24F6N4O5S. The number of ether oxygens (including phenoxy) is 1. The van der Waals surface area contributed by atoms with Crippen LogP contribution in [0.2, 0.25) is 0 Å². The van der Waals surface area contributed by atoms with Crippen LogP contribution < -0.4 is 5.32 Å². The Labute approximate surface area is 209 Å². The van der Waals surface area contributed by atoms with E-state index in [9.17, 15) is 40.5 Å². The highest BCUT2D eigenvalue weighted by Crippen LogP contribution is 2.44. The molecule has 0 saturated carbocycles. The first-order chi connectivity index (χ1) is 16.9. The average molecular weight is 559 g/mol. The number of amides is 1. The van der Waals surface area contributed by atoms with Gasteiger partial charge in [-0.15, -0.1) is 10.2 Å². The van der Waals surface area contributed by atoms with E-state index in [2.05, 4.69) is 20.5 Å². The molecule has 1 aliphatic rings. The number of hydrogen-bond acceptors (Lipinski definition) is 8. The molecule has 2 aromatic heterocycles. The zero-order valence-corrected chi connectivity index (χ0v) is 20.7. The summed E-state index contributed by atoms with van der Waals surface area (Å²) in [7, 11) is -2.26. The van der Waals surface area contributed by atoms with Crippen molar-refractivity contribution >= 4 is 22.6 Å². The predicted molar refractivity (Wildman–Crippen MR) is 117 cm³/mol. The van der Waals surface area contributed by atoms with Gasteiger partial charge >= 0.3 is 18.4 Å². The van der Waals surface area contributed by atoms with E-state index in [-0.39, 0.29) is 31.4 Å². The van der Waals surface area contributed by atoms with Crippen molar-refractivity contribution in [3.8, 4) is 11.6 Å². The van der Waals surface area contributed by atoms with Crippen molar-refractivity contribution in [1.29, 1.82) is 0 Å². The number of fused-ring (bicyclic) bond motifs is 5. The summed E-state index contributed by atoms with van der Waals surface area (Å²) >= 11 is 0. The summed E-state index contributed by atoms with van der Waals surface area (Å²) in [6.45, 7) is 4.47. The van der Waals surface area contributed by atoms with Gasteiger partial charge in [0.2, 0.25) is 5.60 Å². The molecule has 16 heteroatoms. The van der Waals surface area contributed by atoms with Crippen molar-refractivity contribution < 1.29 is 49.6 Å². The molecular weight excluding hydrogens is 534 g/mol. The summed E-state index contributed by atoms with van der Waals surface area (Å²) < 4.78 is 106. The third-order valence-corrected chi connectivity index (χ3v) is 6.61. The smallest absolute Gasteiger partial charge is 0.426 e. The van der Waals surface area contributed by atoms with E-state index < -0.39 is 80.6 Å². The van der Waals surface area contributed by atoms with E-state index in [4.69, 9.17) is 9.15 Å². The Kier molecular flexibility index (Phi) is 7.94. The zero-order valence-electron chi connectivity index (χ0n) is 19.9. The Morgan fingerprint density at radius 3 is 2.35 bits per heavy atom. The van der Waals surface area contributed by atoms with Crippen LogP contribution in [0.25, 0.3) is 11.6 Å². The number of carbonyl (C=O) groups is 1. The molecule has 1 amide bonds. The first-order valence-electron chi connectivity index (χ1n) is 11.1. The molecule has 2 N–H and O–H groups in total. The first-order valence-corrected chi connectivity index (χ1v) is 12.4. The Hall–Kier alpha value is -2.75. The van der Waals surface area contributed by atoms with E-state index in [0.29, 0.717) is 6.07 Å². The maximum Gasteiger partial charge on any atom is 0.426 e. The van der Waals surface area contributed by atoms with Crippen LogP contribution in [0.1, 0.15) is 64.3 Å². The molecule has 0 fully saturated rings. The minimum atomic E-state index is -5.22. The van der Waals surface area contributed by atoms with Gasteiger partial charge in [0.25, 0.3) is 11.8 Å². The number of nitrogens with one attached hydrogen (secondary N) is 1. The Morgan fingerprint density at radius 2 is 1.76 bits per heavy atom. The third-order valence-electron chi connectivity index (χ3n) is 5.21. The molecule has 0 spiro atoms. The quantitative estimate of drug-likeness (QED) is 0.451. The van der Waals surface area contributed by atoms with Gasteiger partial charge in [-0.1, -0.05) is 12.8 Å². The Bertz CT molecular complexity index is 1180. The van der Waals surface area contributed by atoms with Gasteiger partial charge in [0.15, 0.2) is 5.69 Å². The largest absolute Gasteiger partial charge is 0.444 e. The summed E-state index contributed by atoms with van der Waals surface area (Å²) in [5.41, 5.74) is -7.39. The van der Waals surface area contributed by atoms with Crippen LogP contribution in [0.15, 0.2) is 15.5 Å². The van der Waals surface area contributed by atoms with Crippen molar-refractivity contribution in [3.05, 3.63) is 17.5 Å². The minimum Gasteiger partial charge on any atom is -0.444 e. The molecule has 0 aromatic carbocycles. The van der Waals surface area contributed by atoms with E-state index >= 15 is 0 Å². The number of rotatable bonds is 1. The van der Waals surface area contributed by atoms with Gasteiger partial charge in [0.1, 0.15) is 10.6 Å². The maximum atomic E-state index is 13.9. The molecule has 4 bridgehead atoms. The number of anilines is 1.